The van der Waals surface area contributed by atoms with E-state index >= 15 is 0 Å². The minimum Gasteiger partial charge on any atom is -0.324 e. The van der Waals surface area contributed by atoms with Crippen LogP contribution in [0.5, 0.6) is 0 Å². The Morgan fingerprint density at radius 3 is 2.32 bits per heavy atom. The molecule has 25 heavy (non-hydrogen) atoms. The number of carbonyl (C=O) groups excluding carboxylic acids is 1. The van der Waals surface area contributed by atoms with Crippen LogP contribution in [0, 0.1) is 18.3 Å². The minimum atomic E-state index is -0.370. The normalized spacial score (nSPS) is 9.92. The number of anilines is 3. The summed E-state index contributed by atoms with van der Waals surface area (Å²) in [5.74, 6) is 0.0356. The van der Waals surface area contributed by atoms with Gasteiger partial charge in [-0.1, -0.05) is 30.3 Å². The molecule has 6 nitrogen and oxygen atoms in total. The van der Waals surface area contributed by atoms with E-state index in [4.69, 9.17) is 5.26 Å². The first kappa shape index (κ1) is 16.1. The molecule has 122 valence electrons. The van der Waals surface area contributed by atoms with E-state index in [-0.39, 0.29) is 5.91 Å². The number of rotatable bonds is 4. The zero-order valence-electron chi connectivity index (χ0n) is 13.5. The Morgan fingerprint density at radius 2 is 1.64 bits per heavy atom. The highest BCUT2D eigenvalue weighted by atomic mass is 16.1. The molecule has 1 amide bonds. The van der Waals surface area contributed by atoms with Crippen molar-refractivity contribution in [2.45, 2.75) is 6.92 Å². The maximum atomic E-state index is 12.3. The van der Waals surface area contributed by atoms with Gasteiger partial charge in [-0.25, -0.2) is 9.97 Å². The molecule has 6 heteroatoms. The van der Waals surface area contributed by atoms with Crippen LogP contribution in [0.2, 0.25) is 0 Å². The molecule has 0 saturated heterocycles. The molecule has 2 aromatic carbocycles. The van der Waals surface area contributed by atoms with Gasteiger partial charge in [-0.05, 0) is 30.7 Å². The quantitative estimate of drug-likeness (QED) is 0.762. The molecular weight excluding hydrogens is 314 g/mol. The summed E-state index contributed by atoms with van der Waals surface area (Å²) in [7, 11) is 0. The Labute approximate surface area is 145 Å². The fourth-order valence-corrected chi connectivity index (χ4v) is 2.23. The van der Waals surface area contributed by atoms with Crippen molar-refractivity contribution < 1.29 is 4.79 Å². The first-order valence-corrected chi connectivity index (χ1v) is 7.62. The average molecular weight is 329 g/mol. The molecule has 0 bridgehead atoms. The zero-order chi connectivity index (χ0) is 17.6. The summed E-state index contributed by atoms with van der Waals surface area (Å²) < 4.78 is 0. The molecule has 3 aromatic rings. The van der Waals surface area contributed by atoms with Gasteiger partial charge < -0.3 is 10.6 Å². The van der Waals surface area contributed by atoms with Crippen molar-refractivity contribution in [3.63, 3.8) is 0 Å². The maximum absolute atomic E-state index is 12.3. The van der Waals surface area contributed by atoms with Gasteiger partial charge in [0.15, 0.2) is 0 Å². The van der Waals surface area contributed by atoms with Crippen molar-refractivity contribution in [2.75, 3.05) is 10.6 Å². The van der Waals surface area contributed by atoms with Crippen molar-refractivity contribution in [2.24, 2.45) is 0 Å². The van der Waals surface area contributed by atoms with Gasteiger partial charge in [-0.2, -0.15) is 5.26 Å². The Bertz CT molecular complexity index is 945. The van der Waals surface area contributed by atoms with E-state index in [1.807, 2.05) is 37.3 Å². The molecule has 0 unspecified atom stereocenters. The van der Waals surface area contributed by atoms with Gasteiger partial charge in [0.1, 0.15) is 6.07 Å². The molecule has 0 radical (unpaired) electrons. The lowest BCUT2D eigenvalue weighted by Crippen LogP contribution is -2.14. The molecule has 0 saturated carbocycles. The Morgan fingerprint density at radius 1 is 1.00 bits per heavy atom. The van der Waals surface area contributed by atoms with Crippen LogP contribution in [-0.4, -0.2) is 15.9 Å². The van der Waals surface area contributed by atoms with E-state index in [9.17, 15) is 4.79 Å². The molecule has 1 aromatic heterocycles. The second-order valence-corrected chi connectivity index (χ2v) is 5.35. The third-order valence-electron chi connectivity index (χ3n) is 3.60. The van der Waals surface area contributed by atoms with Crippen molar-refractivity contribution in [1.29, 1.82) is 5.26 Å². The van der Waals surface area contributed by atoms with E-state index < -0.39 is 0 Å². The number of nitrogens with one attached hydrogen (secondary N) is 2. The summed E-state index contributed by atoms with van der Waals surface area (Å²) in [5.41, 5.74) is 3.14. The third-order valence-corrected chi connectivity index (χ3v) is 3.60. The summed E-state index contributed by atoms with van der Waals surface area (Å²) in [4.78, 5) is 20.6. The highest BCUT2D eigenvalue weighted by Gasteiger charge is 2.10. The van der Waals surface area contributed by atoms with Crippen molar-refractivity contribution in [3.05, 3.63) is 77.6 Å². The number of nitriles is 1. The standard InChI is InChI=1S/C19H15N5O/c1-13-6-2-4-8-16(13)24-19-21-11-15(12-22-19)18(25)23-17-9-5-3-7-14(17)10-20/h2-9,11-12H,1H3,(H,23,25)(H,21,22,24). The zero-order valence-corrected chi connectivity index (χ0v) is 13.5. The van der Waals surface area contributed by atoms with Gasteiger partial charge >= 0.3 is 0 Å². The Balaban J connectivity index is 1.73. The Kier molecular flexibility index (Phi) is 4.67. The molecule has 0 aliphatic carbocycles. The molecule has 0 fully saturated rings. The van der Waals surface area contributed by atoms with Crippen molar-refractivity contribution in [1.82, 2.24) is 9.97 Å². The van der Waals surface area contributed by atoms with Gasteiger partial charge in [0.25, 0.3) is 5.91 Å². The van der Waals surface area contributed by atoms with Crippen LogP contribution in [-0.2, 0) is 0 Å². The first-order chi connectivity index (χ1) is 12.2. The number of benzene rings is 2. The molecular formula is C19H15N5O. The fourth-order valence-electron chi connectivity index (χ4n) is 2.23. The number of nitrogens with zero attached hydrogens (tertiary/aromatic N) is 3. The first-order valence-electron chi connectivity index (χ1n) is 7.62. The van der Waals surface area contributed by atoms with Gasteiger partial charge in [-0.3, -0.25) is 4.79 Å². The van der Waals surface area contributed by atoms with Gasteiger partial charge in [0.05, 0.1) is 16.8 Å². The molecule has 2 N–H and O–H groups in total. The van der Waals surface area contributed by atoms with Crippen LogP contribution < -0.4 is 10.6 Å². The summed E-state index contributed by atoms with van der Waals surface area (Å²) in [6.07, 6.45) is 2.88. The topological polar surface area (TPSA) is 90.7 Å². The lowest BCUT2D eigenvalue weighted by molar-refractivity contribution is 0.102. The number of aryl methyl sites for hydroxylation is 1. The number of para-hydroxylation sites is 2. The van der Waals surface area contributed by atoms with Crippen molar-refractivity contribution in [3.8, 4) is 6.07 Å². The second kappa shape index (κ2) is 7.23. The van der Waals surface area contributed by atoms with Crippen molar-refractivity contribution >= 4 is 23.2 Å². The molecule has 1 heterocycles. The SMILES string of the molecule is Cc1ccccc1Nc1ncc(C(=O)Nc2ccccc2C#N)cn1. The molecule has 0 aliphatic heterocycles. The van der Waals surface area contributed by atoms with Gasteiger partial charge in [0.2, 0.25) is 5.95 Å². The molecule has 0 aliphatic rings. The number of aromatic nitrogens is 2. The molecule has 0 atom stereocenters. The van der Waals surface area contributed by atoms with E-state index in [2.05, 4.69) is 20.6 Å². The number of hydrogen-bond donors (Lipinski definition) is 2. The summed E-state index contributed by atoms with van der Waals surface area (Å²) in [6.45, 7) is 1.98. The largest absolute Gasteiger partial charge is 0.324 e. The van der Waals surface area contributed by atoms with Crippen LogP contribution in [0.3, 0.4) is 0 Å². The Hall–Kier alpha value is -3.72. The summed E-state index contributed by atoms with van der Waals surface area (Å²) in [6, 6.07) is 16.6. The van der Waals surface area contributed by atoms with E-state index in [1.54, 1.807) is 24.3 Å². The predicted molar refractivity (Wildman–Crippen MR) is 95.6 cm³/mol. The number of carbonyl (C=O) groups is 1. The average Bonchev–Trinajstić information content (AvgIpc) is 2.64. The number of amides is 1. The molecule has 0 spiro atoms. The smallest absolute Gasteiger partial charge is 0.258 e. The van der Waals surface area contributed by atoms with Crippen LogP contribution in [0.4, 0.5) is 17.3 Å². The highest BCUT2D eigenvalue weighted by molar-refractivity contribution is 6.04. The third kappa shape index (κ3) is 3.79. The summed E-state index contributed by atoms with van der Waals surface area (Å²) >= 11 is 0. The van der Waals surface area contributed by atoms with Crippen LogP contribution in [0.15, 0.2) is 60.9 Å². The van der Waals surface area contributed by atoms with Crippen LogP contribution in [0.25, 0.3) is 0 Å². The lowest BCUT2D eigenvalue weighted by atomic mass is 10.2. The maximum Gasteiger partial charge on any atom is 0.258 e. The predicted octanol–water partition coefficient (Wildman–Crippen LogP) is 3.65. The number of hydrogen-bond acceptors (Lipinski definition) is 5. The monoisotopic (exact) mass is 329 g/mol. The van der Waals surface area contributed by atoms with Crippen LogP contribution >= 0.6 is 0 Å². The highest BCUT2D eigenvalue weighted by Crippen LogP contribution is 2.18. The van der Waals surface area contributed by atoms with E-state index in [1.165, 1.54) is 12.4 Å². The second-order valence-electron chi connectivity index (χ2n) is 5.35. The van der Waals surface area contributed by atoms with Gasteiger partial charge in [0, 0.05) is 18.1 Å². The molecule has 3 rings (SSSR count). The van der Waals surface area contributed by atoms with Gasteiger partial charge in [-0.15, -0.1) is 0 Å². The van der Waals surface area contributed by atoms with E-state index in [0.29, 0.717) is 22.8 Å². The minimum absolute atomic E-state index is 0.308. The fraction of sp³-hybridized carbons (Fsp3) is 0.0526. The van der Waals surface area contributed by atoms with Crippen LogP contribution in [0.1, 0.15) is 21.5 Å². The van der Waals surface area contributed by atoms with E-state index in [0.717, 1.165) is 11.3 Å². The summed E-state index contributed by atoms with van der Waals surface area (Å²) in [5, 5.41) is 14.9. The lowest BCUT2D eigenvalue weighted by Gasteiger charge is -2.09.